The molecule has 3 amide bonds. The molecule has 1 aromatic carbocycles. The molecular weight excluding hydrogens is 432 g/mol. The number of nitrogens with one attached hydrogen (secondary N) is 2. The summed E-state index contributed by atoms with van der Waals surface area (Å²) in [5.41, 5.74) is 1.98. The van der Waals surface area contributed by atoms with Crippen molar-refractivity contribution in [3.05, 3.63) is 36.0 Å². The molecule has 9 nitrogen and oxygen atoms in total. The van der Waals surface area contributed by atoms with E-state index in [-0.39, 0.29) is 12.0 Å². The molecule has 1 atom stereocenters. The van der Waals surface area contributed by atoms with E-state index in [9.17, 15) is 9.59 Å². The average Bonchev–Trinajstić information content (AvgIpc) is 3.29. The summed E-state index contributed by atoms with van der Waals surface area (Å²) in [5.74, 6) is 0.547. The van der Waals surface area contributed by atoms with Crippen LogP contribution in [0, 0.1) is 0 Å². The number of rotatable bonds is 3. The first-order chi connectivity index (χ1) is 16.2. The Kier molecular flexibility index (Phi) is 9.53. The highest BCUT2D eigenvalue weighted by molar-refractivity contribution is 6.33. The second-order valence-corrected chi connectivity index (χ2v) is 8.62. The summed E-state index contributed by atoms with van der Waals surface area (Å²) in [6.07, 6.45) is 3.69. The summed E-state index contributed by atoms with van der Waals surface area (Å²) in [4.78, 5) is 38.8. The third-order valence-corrected chi connectivity index (χ3v) is 5.06. The molecule has 1 aromatic heterocycles. The Morgan fingerprint density at radius 2 is 1.94 bits per heavy atom. The second kappa shape index (κ2) is 12.1. The molecule has 3 rings (SSSR count). The van der Waals surface area contributed by atoms with Gasteiger partial charge in [0.2, 0.25) is 0 Å². The molecule has 184 valence electrons. The SMILES string of the molecule is CC.CN=CC(=NC)NC(=O)Nc1ccnc2ccc(C3CCN(C(=O)OC(C)(C)C)C3)cc12. The van der Waals surface area contributed by atoms with Crippen LogP contribution in [0.1, 0.15) is 52.5 Å². The predicted molar refractivity (Wildman–Crippen MR) is 138 cm³/mol. The van der Waals surface area contributed by atoms with E-state index < -0.39 is 11.6 Å². The lowest BCUT2D eigenvalue weighted by atomic mass is 9.96. The normalized spacial score (nSPS) is 16.3. The number of anilines is 1. The first-order valence-corrected chi connectivity index (χ1v) is 11.5. The molecule has 0 aliphatic carbocycles. The third kappa shape index (κ3) is 7.26. The van der Waals surface area contributed by atoms with Gasteiger partial charge in [0.25, 0.3) is 0 Å². The fourth-order valence-electron chi connectivity index (χ4n) is 3.59. The molecule has 9 heteroatoms. The van der Waals surface area contributed by atoms with E-state index in [1.165, 1.54) is 6.21 Å². The van der Waals surface area contributed by atoms with Crippen molar-refractivity contribution >= 4 is 40.8 Å². The van der Waals surface area contributed by atoms with E-state index in [4.69, 9.17) is 4.74 Å². The standard InChI is InChI=1S/C23H30N6O3.C2H6/c1-23(2,3)32-22(31)29-11-9-16(14-29)15-6-7-18-17(12-15)19(8-10-26-18)27-21(30)28-20(25-5)13-24-4;1-2/h6-8,10,12-13,16H,9,11,14H2,1-5H3,(H2,25,26,27,28,30);1-2H3. The number of amidine groups is 1. The molecule has 0 radical (unpaired) electrons. The molecule has 1 aliphatic heterocycles. The topological polar surface area (TPSA) is 108 Å². The molecule has 2 aromatic rings. The van der Waals surface area contributed by atoms with Gasteiger partial charge in [-0.1, -0.05) is 19.9 Å². The summed E-state index contributed by atoms with van der Waals surface area (Å²) in [5, 5.41) is 6.35. The summed E-state index contributed by atoms with van der Waals surface area (Å²) in [6.45, 7) is 10.8. The Bertz CT molecular complexity index is 1060. The summed E-state index contributed by atoms with van der Waals surface area (Å²) >= 11 is 0. The lowest BCUT2D eigenvalue weighted by Gasteiger charge is -2.24. The highest BCUT2D eigenvalue weighted by Crippen LogP contribution is 2.32. The molecule has 1 unspecified atom stereocenters. The van der Waals surface area contributed by atoms with Gasteiger partial charge < -0.3 is 15.0 Å². The molecule has 1 aliphatic rings. The van der Waals surface area contributed by atoms with E-state index >= 15 is 0 Å². The van der Waals surface area contributed by atoms with Crippen LogP contribution >= 0.6 is 0 Å². The minimum Gasteiger partial charge on any atom is -0.444 e. The van der Waals surface area contributed by atoms with Crippen molar-refractivity contribution < 1.29 is 14.3 Å². The van der Waals surface area contributed by atoms with Crippen molar-refractivity contribution in [2.45, 2.75) is 52.6 Å². The number of urea groups is 1. The summed E-state index contributed by atoms with van der Waals surface area (Å²) in [6, 6.07) is 7.34. The summed E-state index contributed by atoms with van der Waals surface area (Å²) in [7, 11) is 3.18. The molecule has 2 N–H and O–H groups in total. The number of pyridine rings is 1. The first kappa shape index (κ1) is 26.8. The third-order valence-electron chi connectivity index (χ3n) is 5.06. The van der Waals surface area contributed by atoms with Crippen molar-refractivity contribution in [2.75, 3.05) is 32.5 Å². The van der Waals surface area contributed by atoms with Crippen molar-refractivity contribution in [1.29, 1.82) is 0 Å². The number of nitrogens with zero attached hydrogens (tertiary/aromatic N) is 4. The smallest absolute Gasteiger partial charge is 0.410 e. The lowest BCUT2D eigenvalue weighted by molar-refractivity contribution is 0.0292. The van der Waals surface area contributed by atoms with Crippen LogP contribution in [0.2, 0.25) is 0 Å². The highest BCUT2D eigenvalue weighted by Gasteiger charge is 2.30. The summed E-state index contributed by atoms with van der Waals surface area (Å²) < 4.78 is 5.50. The van der Waals surface area contributed by atoms with Crippen molar-refractivity contribution in [2.24, 2.45) is 9.98 Å². The van der Waals surface area contributed by atoms with Gasteiger partial charge in [-0.25, -0.2) is 9.59 Å². The number of ether oxygens (including phenoxy) is 1. The van der Waals surface area contributed by atoms with Crippen LogP contribution < -0.4 is 10.6 Å². The highest BCUT2D eigenvalue weighted by atomic mass is 16.6. The number of amides is 3. The zero-order valence-electron chi connectivity index (χ0n) is 21.2. The Morgan fingerprint density at radius 1 is 1.21 bits per heavy atom. The van der Waals surface area contributed by atoms with Crippen LogP contribution in [0.5, 0.6) is 0 Å². The quantitative estimate of drug-likeness (QED) is 0.496. The number of aromatic nitrogens is 1. The number of fused-ring (bicyclic) bond motifs is 1. The van der Waals surface area contributed by atoms with Gasteiger partial charge in [-0.3, -0.25) is 20.3 Å². The van der Waals surface area contributed by atoms with Crippen LogP contribution in [0.4, 0.5) is 15.3 Å². The van der Waals surface area contributed by atoms with Crippen LogP contribution in [-0.2, 0) is 4.74 Å². The molecule has 0 spiro atoms. The van der Waals surface area contributed by atoms with E-state index in [0.717, 1.165) is 22.9 Å². The molecule has 1 fully saturated rings. The number of carbonyl (C=O) groups excluding carboxylic acids is 2. The molecule has 0 bridgehead atoms. The zero-order valence-corrected chi connectivity index (χ0v) is 21.2. The van der Waals surface area contributed by atoms with E-state index in [1.54, 1.807) is 31.3 Å². The fraction of sp³-hybridized carbons (Fsp3) is 0.480. The Balaban J connectivity index is 0.00000199. The van der Waals surface area contributed by atoms with Gasteiger partial charge in [-0.15, -0.1) is 0 Å². The van der Waals surface area contributed by atoms with Gasteiger partial charge in [0.05, 0.1) is 17.4 Å². The minimum atomic E-state index is -0.518. The number of benzene rings is 1. The lowest BCUT2D eigenvalue weighted by Crippen LogP contribution is -2.35. The van der Waals surface area contributed by atoms with Crippen LogP contribution in [0.15, 0.2) is 40.4 Å². The largest absolute Gasteiger partial charge is 0.444 e. The van der Waals surface area contributed by atoms with E-state index in [2.05, 4.69) is 25.6 Å². The van der Waals surface area contributed by atoms with Crippen LogP contribution in [0.3, 0.4) is 0 Å². The molecule has 34 heavy (non-hydrogen) atoms. The number of aliphatic imine (C=N–C) groups is 2. The van der Waals surface area contributed by atoms with Crippen molar-refractivity contribution in [3.63, 3.8) is 0 Å². The van der Waals surface area contributed by atoms with Gasteiger partial charge in [0, 0.05) is 44.7 Å². The Hall–Kier alpha value is -3.49. The van der Waals surface area contributed by atoms with Crippen molar-refractivity contribution in [1.82, 2.24) is 15.2 Å². The minimum absolute atomic E-state index is 0.188. The van der Waals surface area contributed by atoms with Gasteiger partial charge in [0.1, 0.15) is 11.4 Å². The number of hydrogen-bond donors (Lipinski definition) is 2. The molecule has 1 saturated heterocycles. The van der Waals surface area contributed by atoms with E-state index in [0.29, 0.717) is 24.6 Å². The average molecular weight is 469 g/mol. The van der Waals surface area contributed by atoms with E-state index in [1.807, 2.05) is 52.8 Å². The Morgan fingerprint density at radius 3 is 2.59 bits per heavy atom. The maximum absolute atomic E-state index is 12.4. The molecular formula is C25H36N6O3. The fourth-order valence-corrected chi connectivity index (χ4v) is 3.59. The number of likely N-dealkylation sites (tertiary alicyclic amines) is 1. The van der Waals surface area contributed by atoms with Crippen molar-refractivity contribution in [3.8, 4) is 0 Å². The first-order valence-electron chi connectivity index (χ1n) is 11.5. The number of carbonyl (C=O) groups is 2. The Labute approximate surface area is 201 Å². The monoisotopic (exact) mass is 468 g/mol. The van der Waals surface area contributed by atoms with Crippen LogP contribution in [0.25, 0.3) is 10.9 Å². The zero-order chi connectivity index (χ0) is 25.3. The predicted octanol–water partition coefficient (Wildman–Crippen LogP) is 4.84. The molecule has 2 heterocycles. The van der Waals surface area contributed by atoms with Crippen LogP contribution in [-0.4, -0.2) is 66.8 Å². The maximum Gasteiger partial charge on any atom is 0.410 e. The number of hydrogen-bond acceptors (Lipinski definition) is 6. The second-order valence-electron chi connectivity index (χ2n) is 8.62. The van der Waals surface area contributed by atoms with Gasteiger partial charge >= 0.3 is 12.1 Å². The van der Waals surface area contributed by atoms with Gasteiger partial charge in [-0.05, 0) is 51.0 Å². The molecule has 0 saturated carbocycles. The van der Waals surface area contributed by atoms with Gasteiger partial charge in [0.15, 0.2) is 0 Å². The maximum atomic E-state index is 12.4. The van der Waals surface area contributed by atoms with Gasteiger partial charge in [-0.2, -0.15) is 0 Å².